The van der Waals surface area contributed by atoms with Crippen LogP contribution in [-0.2, 0) is 0 Å². The van der Waals surface area contributed by atoms with Crippen molar-refractivity contribution in [2.45, 2.75) is 4.90 Å². The summed E-state index contributed by atoms with van der Waals surface area (Å²) in [5, 5.41) is 2.48. The summed E-state index contributed by atoms with van der Waals surface area (Å²) in [6, 6.07) is 4.31. The van der Waals surface area contributed by atoms with E-state index in [1.807, 2.05) is 0 Å². The largest absolute Gasteiger partial charge is 0.355 e. The molecule has 0 aromatic heterocycles. The van der Waals surface area contributed by atoms with E-state index in [4.69, 9.17) is 0 Å². The summed E-state index contributed by atoms with van der Waals surface area (Å²) in [7, 11) is 1.55. The molecular formula is C9H10FNOS. The van der Waals surface area contributed by atoms with Crippen LogP contribution in [0.2, 0.25) is 0 Å². The fourth-order valence-electron chi connectivity index (χ4n) is 0.945. The van der Waals surface area contributed by atoms with Crippen LogP contribution in [0.25, 0.3) is 0 Å². The molecule has 0 aliphatic rings. The van der Waals surface area contributed by atoms with Crippen molar-refractivity contribution in [2.75, 3.05) is 13.3 Å². The molecule has 1 aromatic carbocycles. The van der Waals surface area contributed by atoms with E-state index in [2.05, 4.69) is 5.32 Å². The Morgan fingerprint density at radius 1 is 1.54 bits per heavy atom. The first-order valence-electron chi connectivity index (χ1n) is 3.74. The number of hydrogen-bond acceptors (Lipinski definition) is 2. The Hall–Kier alpha value is -1.03. The second-order valence-electron chi connectivity index (χ2n) is 2.43. The van der Waals surface area contributed by atoms with Gasteiger partial charge in [0.2, 0.25) is 0 Å². The Morgan fingerprint density at radius 3 is 2.77 bits per heavy atom. The second kappa shape index (κ2) is 4.28. The Bertz CT molecular complexity index is 327. The van der Waals surface area contributed by atoms with Crippen LogP contribution in [0.15, 0.2) is 23.1 Å². The Balaban J connectivity index is 3.06. The van der Waals surface area contributed by atoms with Crippen LogP contribution in [0.1, 0.15) is 10.4 Å². The monoisotopic (exact) mass is 199 g/mol. The molecule has 1 rings (SSSR count). The van der Waals surface area contributed by atoms with Crippen molar-refractivity contribution in [3.63, 3.8) is 0 Å². The molecule has 0 fully saturated rings. The highest BCUT2D eigenvalue weighted by Gasteiger charge is 2.06. The van der Waals surface area contributed by atoms with Crippen LogP contribution < -0.4 is 5.32 Å². The van der Waals surface area contributed by atoms with Crippen LogP contribution in [0.5, 0.6) is 0 Å². The van der Waals surface area contributed by atoms with Gasteiger partial charge in [0.25, 0.3) is 5.91 Å². The second-order valence-corrected chi connectivity index (χ2v) is 3.28. The van der Waals surface area contributed by atoms with Crippen LogP contribution in [0, 0.1) is 5.82 Å². The smallest absolute Gasteiger partial charge is 0.251 e. The van der Waals surface area contributed by atoms with Crippen LogP contribution >= 0.6 is 11.8 Å². The number of carbonyl (C=O) groups excluding carboxylic acids is 1. The lowest BCUT2D eigenvalue weighted by Crippen LogP contribution is -2.17. The standard InChI is InChI=1S/C9H10FNOS/c1-11-9(12)6-3-4-7(10)8(5-6)13-2/h3-5H,1-2H3,(H,11,12). The van der Waals surface area contributed by atoms with E-state index in [1.165, 1.54) is 23.9 Å². The third kappa shape index (κ3) is 2.21. The number of thioether (sulfide) groups is 1. The zero-order valence-corrected chi connectivity index (χ0v) is 8.24. The molecule has 0 spiro atoms. The van der Waals surface area contributed by atoms with Gasteiger partial charge in [0.05, 0.1) is 0 Å². The van der Waals surface area contributed by atoms with Gasteiger partial charge in [-0.15, -0.1) is 11.8 Å². The van der Waals surface area contributed by atoms with Gasteiger partial charge in [-0.2, -0.15) is 0 Å². The molecule has 13 heavy (non-hydrogen) atoms. The molecular weight excluding hydrogens is 189 g/mol. The Morgan fingerprint density at radius 2 is 2.23 bits per heavy atom. The van der Waals surface area contributed by atoms with Gasteiger partial charge in [-0.1, -0.05) is 0 Å². The molecule has 0 saturated heterocycles. The van der Waals surface area contributed by atoms with E-state index in [1.54, 1.807) is 19.4 Å². The van der Waals surface area contributed by atoms with Crippen molar-refractivity contribution in [2.24, 2.45) is 0 Å². The minimum atomic E-state index is -0.292. The molecule has 0 aliphatic heterocycles. The van der Waals surface area contributed by atoms with Gasteiger partial charge in [-0.05, 0) is 24.5 Å². The number of carbonyl (C=O) groups is 1. The first-order chi connectivity index (χ1) is 6.19. The predicted octanol–water partition coefficient (Wildman–Crippen LogP) is 1.91. The third-order valence-corrected chi connectivity index (χ3v) is 2.39. The molecule has 0 bridgehead atoms. The maximum Gasteiger partial charge on any atom is 0.251 e. The molecule has 1 amide bonds. The molecule has 4 heteroatoms. The molecule has 70 valence electrons. The quantitative estimate of drug-likeness (QED) is 0.737. The molecule has 0 aliphatic carbocycles. The van der Waals surface area contributed by atoms with Gasteiger partial charge < -0.3 is 5.32 Å². The van der Waals surface area contributed by atoms with Crippen molar-refractivity contribution in [1.82, 2.24) is 5.32 Å². The Labute approximate surface area is 80.5 Å². The van der Waals surface area contributed by atoms with Gasteiger partial charge >= 0.3 is 0 Å². The number of amides is 1. The maximum absolute atomic E-state index is 13.0. The third-order valence-electron chi connectivity index (χ3n) is 1.64. The summed E-state index contributed by atoms with van der Waals surface area (Å²) in [5.41, 5.74) is 0.480. The highest BCUT2D eigenvalue weighted by Crippen LogP contribution is 2.20. The summed E-state index contributed by atoms with van der Waals surface area (Å²) >= 11 is 1.28. The van der Waals surface area contributed by atoms with E-state index in [-0.39, 0.29) is 11.7 Å². The van der Waals surface area contributed by atoms with Gasteiger partial charge in [-0.25, -0.2) is 4.39 Å². The summed E-state index contributed by atoms with van der Waals surface area (Å²) in [5.74, 6) is -0.490. The summed E-state index contributed by atoms with van der Waals surface area (Å²) < 4.78 is 13.0. The van der Waals surface area contributed by atoms with E-state index < -0.39 is 0 Å². The zero-order chi connectivity index (χ0) is 9.84. The lowest BCUT2D eigenvalue weighted by molar-refractivity contribution is 0.0963. The SMILES string of the molecule is CNC(=O)c1ccc(F)c(SC)c1. The topological polar surface area (TPSA) is 29.1 Å². The van der Waals surface area contributed by atoms with Crippen LogP contribution in [0.3, 0.4) is 0 Å². The minimum absolute atomic E-state index is 0.199. The molecule has 0 heterocycles. The van der Waals surface area contributed by atoms with Gasteiger partial charge in [0.15, 0.2) is 0 Å². The lowest BCUT2D eigenvalue weighted by atomic mass is 10.2. The van der Waals surface area contributed by atoms with Crippen LogP contribution in [0.4, 0.5) is 4.39 Å². The average Bonchev–Trinajstić information content (AvgIpc) is 2.17. The van der Waals surface area contributed by atoms with Gasteiger partial charge in [-0.3, -0.25) is 4.79 Å². The van der Waals surface area contributed by atoms with Crippen molar-refractivity contribution in [1.29, 1.82) is 0 Å². The number of nitrogens with one attached hydrogen (secondary N) is 1. The fourth-order valence-corrected chi connectivity index (χ4v) is 1.45. The highest BCUT2D eigenvalue weighted by molar-refractivity contribution is 7.98. The normalized spacial score (nSPS) is 9.77. The lowest BCUT2D eigenvalue weighted by Gasteiger charge is -2.02. The number of halogens is 1. The van der Waals surface area contributed by atoms with E-state index in [0.29, 0.717) is 10.5 Å². The van der Waals surface area contributed by atoms with Crippen LogP contribution in [-0.4, -0.2) is 19.2 Å². The molecule has 1 aromatic rings. The molecule has 0 saturated carbocycles. The minimum Gasteiger partial charge on any atom is -0.355 e. The van der Waals surface area contributed by atoms with E-state index in [0.717, 1.165) is 0 Å². The van der Waals surface area contributed by atoms with Crippen molar-refractivity contribution in [3.8, 4) is 0 Å². The number of rotatable bonds is 2. The highest BCUT2D eigenvalue weighted by atomic mass is 32.2. The number of benzene rings is 1. The van der Waals surface area contributed by atoms with Crippen molar-refractivity contribution >= 4 is 17.7 Å². The predicted molar refractivity (Wildman–Crippen MR) is 51.6 cm³/mol. The van der Waals surface area contributed by atoms with Gasteiger partial charge in [0.1, 0.15) is 5.82 Å². The molecule has 0 radical (unpaired) electrons. The van der Waals surface area contributed by atoms with Crippen molar-refractivity contribution < 1.29 is 9.18 Å². The molecule has 2 nitrogen and oxygen atoms in total. The summed E-state index contributed by atoms with van der Waals surface area (Å²) in [6.07, 6.45) is 1.77. The van der Waals surface area contributed by atoms with E-state index >= 15 is 0 Å². The first kappa shape index (κ1) is 10.1. The first-order valence-corrected chi connectivity index (χ1v) is 4.97. The van der Waals surface area contributed by atoms with Crippen molar-refractivity contribution in [3.05, 3.63) is 29.6 Å². The summed E-state index contributed by atoms with van der Waals surface area (Å²) in [6.45, 7) is 0. The number of hydrogen-bond donors (Lipinski definition) is 1. The fraction of sp³-hybridized carbons (Fsp3) is 0.222. The Kier molecular flexibility index (Phi) is 3.31. The zero-order valence-electron chi connectivity index (χ0n) is 7.43. The summed E-state index contributed by atoms with van der Waals surface area (Å²) in [4.78, 5) is 11.6. The van der Waals surface area contributed by atoms with Gasteiger partial charge in [0, 0.05) is 17.5 Å². The maximum atomic E-state index is 13.0. The van der Waals surface area contributed by atoms with E-state index in [9.17, 15) is 9.18 Å². The molecule has 0 unspecified atom stereocenters. The molecule has 1 N–H and O–H groups in total. The molecule has 0 atom stereocenters. The average molecular weight is 199 g/mol.